The van der Waals surface area contributed by atoms with Gasteiger partial charge in [-0.15, -0.1) is 11.8 Å². The van der Waals surface area contributed by atoms with Gasteiger partial charge in [0.2, 0.25) is 5.91 Å². The van der Waals surface area contributed by atoms with Crippen molar-refractivity contribution in [3.63, 3.8) is 0 Å². The predicted molar refractivity (Wildman–Crippen MR) is 195 cm³/mol. The Hall–Kier alpha value is -5.86. The molecule has 3 amide bonds. The monoisotopic (exact) mass is 650 g/mol. The molecule has 8 heteroatoms. The molecule has 1 unspecified atom stereocenters. The van der Waals surface area contributed by atoms with Crippen LogP contribution < -0.4 is 16.0 Å². The van der Waals surface area contributed by atoms with E-state index in [0.717, 1.165) is 43.7 Å². The number of fused-ring (bicyclic) bond motifs is 1. The van der Waals surface area contributed by atoms with Crippen molar-refractivity contribution in [1.29, 1.82) is 0 Å². The van der Waals surface area contributed by atoms with Crippen molar-refractivity contribution in [2.45, 2.75) is 24.0 Å². The van der Waals surface area contributed by atoms with Gasteiger partial charge in [0.1, 0.15) is 10.9 Å². The van der Waals surface area contributed by atoms with Crippen LogP contribution in [0.4, 0.5) is 11.4 Å². The quantitative estimate of drug-likeness (QED) is 0.0880. The number of aromatic nitrogens is 1. The number of benzene rings is 5. The molecule has 1 atom stereocenters. The second-order valence-corrected chi connectivity index (χ2v) is 12.5. The minimum absolute atomic E-state index is 0.0965. The number of nitrogens with one attached hydrogen (secondary N) is 4. The highest BCUT2D eigenvalue weighted by atomic mass is 32.2. The van der Waals surface area contributed by atoms with Crippen molar-refractivity contribution in [3.05, 3.63) is 167 Å². The maximum absolute atomic E-state index is 13.6. The lowest BCUT2D eigenvalue weighted by molar-refractivity contribution is -0.116. The number of aryl methyl sites for hydroxylation is 2. The van der Waals surface area contributed by atoms with E-state index in [-0.39, 0.29) is 11.6 Å². The summed E-state index contributed by atoms with van der Waals surface area (Å²) in [4.78, 5) is 44.4. The molecule has 1 aromatic heterocycles. The van der Waals surface area contributed by atoms with E-state index in [1.54, 1.807) is 48.7 Å². The number of H-pyrrole nitrogens is 1. The van der Waals surface area contributed by atoms with Crippen molar-refractivity contribution in [2.75, 3.05) is 10.6 Å². The third-order valence-corrected chi connectivity index (χ3v) is 9.06. The van der Waals surface area contributed by atoms with Gasteiger partial charge < -0.3 is 20.9 Å². The van der Waals surface area contributed by atoms with Gasteiger partial charge >= 0.3 is 0 Å². The van der Waals surface area contributed by atoms with Crippen molar-refractivity contribution in [3.8, 4) is 0 Å². The van der Waals surface area contributed by atoms with Gasteiger partial charge in [-0.05, 0) is 79.6 Å². The van der Waals surface area contributed by atoms with Gasteiger partial charge in [-0.1, -0.05) is 84.4 Å². The first-order valence-corrected chi connectivity index (χ1v) is 16.4. The maximum atomic E-state index is 13.6. The zero-order valence-electron chi connectivity index (χ0n) is 26.5. The minimum atomic E-state index is -0.508. The lowest BCUT2D eigenvalue weighted by Crippen LogP contribution is -2.30. The average molecular weight is 651 g/mol. The van der Waals surface area contributed by atoms with Gasteiger partial charge in [0.15, 0.2) is 0 Å². The van der Waals surface area contributed by atoms with Gasteiger partial charge in [-0.3, -0.25) is 14.4 Å². The number of carbonyl (C=O) groups excluding carboxylic acids is 3. The van der Waals surface area contributed by atoms with E-state index in [9.17, 15) is 14.4 Å². The second-order valence-electron chi connectivity index (χ2n) is 11.4. The number of para-hydroxylation sites is 1. The number of anilines is 2. The van der Waals surface area contributed by atoms with Crippen LogP contribution in [0.3, 0.4) is 0 Å². The van der Waals surface area contributed by atoms with Crippen LogP contribution in [-0.2, 0) is 9.59 Å². The summed E-state index contributed by atoms with van der Waals surface area (Å²) in [5, 5.41) is 9.23. The summed E-state index contributed by atoms with van der Waals surface area (Å²) in [7, 11) is 0. The van der Waals surface area contributed by atoms with Crippen LogP contribution in [0.2, 0.25) is 0 Å². The molecule has 0 radical (unpaired) electrons. The lowest BCUT2D eigenvalue weighted by Gasteiger charge is -2.18. The molecule has 1 heterocycles. The molecule has 238 valence electrons. The van der Waals surface area contributed by atoms with Gasteiger partial charge in [0, 0.05) is 44.5 Å². The zero-order chi connectivity index (χ0) is 33.5. The van der Waals surface area contributed by atoms with Crippen LogP contribution in [0.15, 0.2) is 144 Å². The molecular weight excluding hydrogens is 617 g/mol. The summed E-state index contributed by atoms with van der Waals surface area (Å²) in [6, 6.07) is 39.4. The van der Waals surface area contributed by atoms with Crippen LogP contribution in [0.1, 0.15) is 37.9 Å². The van der Waals surface area contributed by atoms with Crippen LogP contribution in [0.25, 0.3) is 17.0 Å². The van der Waals surface area contributed by atoms with E-state index in [4.69, 9.17) is 0 Å². The molecule has 0 bridgehead atoms. The first-order chi connectivity index (χ1) is 23.3. The number of amides is 3. The van der Waals surface area contributed by atoms with Crippen LogP contribution in [0, 0.1) is 13.8 Å². The molecule has 0 saturated carbocycles. The van der Waals surface area contributed by atoms with E-state index in [2.05, 4.69) is 20.9 Å². The Balaban J connectivity index is 1.21. The molecule has 5 aromatic carbocycles. The summed E-state index contributed by atoms with van der Waals surface area (Å²) in [6.45, 7) is 4.00. The topological polar surface area (TPSA) is 103 Å². The Labute approximate surface area is 283 Å². The molecule has 48 heavy (non-hydrogen) atoms. The van der Waals surface area contributed by atoms with Crippen molar-refractivity contribution < 1.29 is 14.4 Å². The Bertz CT molecular complexity index is 2110. The Morgan fingerprint density at radius 1 is 0.750 bits per heavy atom. The van der Waals surface area contributed by atoms with Gasteiger partial charge in [-0.25, -0.2) is 0 Å². The number of rotatable bonds is 10. The Kier molecular flexibility index (Phi) is 9.83. The molecule has 7 nitrogen and oxygen atoms in total. The largest absolute Gasteiger partial charge is 0.361 e. The van der Waals surface area contributed by atoms with E-state index in [0.29, 0.717) is 11.3 Å². The number of hydrogen-bond acceptors (Lipinski definition) is 4. The average Bonchev–Trinajstić information content (AvgIpc) is 3.52. The molecule has 0 spiro atoms. The molecule has 0 aliphatic carbocycles. The molecule has 4 N–H and O–H groups in total. The summed E-state index contributed by atoms with van der Waals surface area (Å²) in [5.74, 6) is -0.994. The van der Waals surface area contributed by atoms with E-state index in [1.807, 2.05) is 105 Å². The molecule has 0 fully saturated rings. The zero-order valence-corrected chi connectivity index (χ0v) is 27.3. The fourth-order valence-electron chi connectivity index (χ4n) is 5.32. The third kappa shape index (κ3) is 7.74. The normalized spacial score (nSPS) is 11.9. The Morgan fingerprint density at radius 2 is 1.44 bits per heavy atom. The lowest BCUT2D eigenvalue weighted by atomic mass is 10.1. The fourth-order valence-corrected chi connectivity index (χ4v) is 6.34. The summed E-state index contributed by atoms with van der Waals surface area (Å²) >= 11 is 1.43. The molecule has 0 saturated heterocycles. The highest BCUT2D eigenvalue weighted by molar-refractivity contribution is 8.00. The standard InChI is InChI=1S/C40H34N4O3S/c1-26-17-22-34(27(2)23-26)43-40(47)37(28-11-5-3-6-12-28)48-32-20-18-31(19-21-32)42-39(46)36(44-38(45)29-13-7-4-8-14-29)24-30-25-41-35-16-10-9-15-33(30)35/h3-25,37,41H,1-2H3,(H,42,46)(H,43,47)(H,44,45)/b36-24-. The van der Waals surface area contributed by atoms with Crippen LogP contribution >= 0.6 is 11.8 Å². The van der Waals surface area contributed by atoms with Gasteiger partial charge in [0.25, 0.3) is 11.8 Å². The number of hydrogen-bond donors (Lipinski definition) is 4. The predicted octanol–water partition coefficient (Wildman–Crippen LogP) is 8.67. The molecule has 6 aromatic rings. The number of aromatic amines is 1. The molecular formula is C40H34N4O3S. The van der Waals surface area contributed by atoms with E-state index < -0.39 is 17.1 Å². The van der Waals surface area contributed by atoms with E-state index >= 15 is 0 Å². The first-order valence-electron chi connectivity index (χ1n) is 15.5. The highest BCUT2D eigenvalue weighted by Gasteiger charge is 2.23. The van der Waals surface area contributed by atoms with E-state index in [1.165, 1.54) is 11.8 Å². The van der Waals surface area contributed by atoms with Gasteiger partial charge in [-0.2, -0.15) is 0 Å². The minimum Gasteiger partial charge on any atom is -0.361 e. The summed E-state index contributed by atoms with van der Waals surface area (Å²) in [6.07, 6.45) is 3.47. The smallest absolute Gasteiger partial charge is 0.272 e. The van der Waals surface area contributed by atoms with Crippen molar-refractivity contribution >= 4 is 57.8 Å². The van der Waals surface area contributed by atoms with Crippen LogP contribution in [0.5, 0.6) is 0 Å². The maximum Gasteiger partial charge on any atom is 0.272 e. The SMILES string of the molecule is Cc1ccc(NC(=O)C(Sc2ccc(NC(=O)/C(=C/c3c[nH]c4ccccc34)NC(=O)c3ccccc3)cc2)c2ccccc2)c(C)c1. The summed E-state index contributed by atoms with van der Waals surface area (Å²) in [5.41, 5.74) is 6.54. The van der Waals surface area contributed by atoms with Gasteiger partial charge in [0.05, 0.1) is 0 Å². The van der Waals surface area contributed by atoms with Crippen molar-refractivity contribution in [2.24, 2.45) is 0 Å². The summed E-state index contributed by atoms with van der Waals surface area (Å²) < 4.78 is 0. The Morgan fingerprint density at radius 3 is 2.17 bits per heavy atom. The number of thioether (sulfide) groups is 1. The van der Waals surface area contributed by atoms with Crippen molar-refractivity contribution in [1.82, 2.24) is 10.3 Å². The highest BCUT2D eigenvalue weighted by Crippen LogP contribution is 2.37. The van der Waals surface area contributed by atoms with Crippen LogP contribution in [-0.4, -0.2) is 22.7 Å². The first kappa shape index (κ1) is 32.1. The molecule has 0 aliphatic heterocycles. The fraction of sp³-hybridized carbons (Fsp3) is 0.0750. The molecule has 6 rings (SSSR count). The molecule has 0 aliphatic rings. The number of carbonyl (C=O) groups is 3. The third-order valence-electron chi connectivity index (χ3n) is 7.80. The second kappa shape index (κ2) is 14.7.